The Morgan fingerprint density at radius 1 is 1.35 bits per heavy atom. The molecular formula is C11H10ClN3O2. The first kappa shape index (κ1) is 11.5. The van der Waals surface area contributed by atoms with E-state index in [4.69, 9.17) is 22.4 Å². The lowest BCUT2D eigenvalue weighted by Crippen LogP contribution is -2.24. The fourth-order valence-electron chi connectivity index (χ4n) is 1.40. The van der Waals surface area contributed by atoms with Crippen molar-refractivity contribution in [3.05, 3.63) is 51.7 Å². The average Bonchev–Trinajstić information content (AvgIpc) is 2.33. The molecule has 2 rings (SSSR count). The molecule has 3 N–H and O–H groups in total. The molecule has 0 saturated carbocycles. The molecule has 0 unspecified atom stereocenters. The van der Waals surface area contributed by atoms with Crippen molar-refractivity contribution in [1.82, 2.24) is 9.55 Å². The van der Waals surface area contributed by atoms with Gasteiger partial charge in [0.05, 0.1) is 12.9 Å². The highest BCUT2D eigenvalue weighted by Gasteiger charge is 2.06. The van der Waals surface area contributed by atoms with Gasteiger partial charge in [0.25, 0.3) is 5.56 Å². The molecule has 5 nitrogen and oxygen atoms in total. The number of halogens is 1. The molecule has 0 aliphatic heterocycles. The lowest BCUT2D eigenvalue weighted by molar-refractivity contribution is 0.475. The number of aromatic hydroxyl groups is 1. The van der Waals surface area contributed by atoms with Gasteiger partial charge in [-0.3, -0.25) is 9.36 Å². The third-order valence-electron chi connectivity index (χ3n) is 2.31. The first-order valence-corrected chi connectivity index (χ1v) is 5.24. The second-order valence-corrected chi connectivity index (χ2v) is 3.91. The molecule has 0 spiro atoms. The Kier molecular flexibility index (Phi) is 3.01. The zero-order valence-electron chi connectivity index (χ0n) is 8.80. The smallest absolute Gasteiger partial charge is 0.278 e. The molecule has 0 amide bonds. The van der Waals surface area contributed by atoms with Crippen LogP contribution in [-0.4, -0.2) is 14.7 Å². The van der Waals surface area contributed by atoms with E-state index in [1.54, 1.807) is 24.3 Å². The Labute approximate surface area is 102 Å². The quantitative estimate of drug-likeness (QED) is 0.787. The van der Waals surface area contributed by atoms with Gasteiger partial charge in [-0.1, -0.05) is 23.7 Å². The van der Waals surface area contributed by atoms with Gasteiger partial charge >= 0.3 is 0 Å². The molecule has 0 saturated heterocycles. The van der Waals surface area contributed by atoms with Crippen LogP contribution in [0.2, 0.25) is 5.15 Å². The van der Waals surface area contributed by atoms with E-state index < -0.39 is 0 Å². The highest BCUT2D eigenvalue weighted by atomic mass is 35.5. The lowest BCUT2D eigenvalue weighted by Gasteiger charge is -2.06. The van der Waals surface area contributed by atoms with E-state index >= 15 is 0 Å². The molecule has 17 heavy (non-hydrogen) atoms. The summed E-state index contributed by atoms with van der Waals surface area (Å²) >= 11 is 5.63. The lowest BCUT2D eigenvalue weighted by atomic mass is 10.2. The number of nitrogens with zero attached hydrogens (tertiary/aromatic N) is 2. The zero-order chi connectivity index (χ0) is 12.4. The van der Waals surface area contributed by atoms with E-state index in [-0.39, 0.29) is 22.1 Å². The summed E-state index contributed by atoms with van der Waals surface area (Å²) in [6.07, 6.45) is 1.34. The number of nitrogens with two attached hydrogens (primary N) is 1. The van der Waals surface area contributed by atoms with Gasteiger partial charge in [-0.15, -0.1) is 0 Å². The number of hydrogen-bond acceptors (Lipinski definition) is 4. The average molecular weight is 252 g/mol. The van der Waals surface area contributed by atoms with E-state index in [0.717, 1.165) is 5.56 Å². The zero-order valence-corrected chi connectivity index (χ0v) is 9.55. The Hall–Kier alpha value is -2.01. The fourth-order valence-corrected chi connectivity index (χ4v) is 1.52. The second kappa shape index (κ2) is 4.47. The topological polar surface area (TPSA) is 81.1 Å². The highest BCUT2D eigenvalue weighted by molar-refractivity contribution is 6.31. The Balaban J connectivity index is 2.34. The summed E-state index contributed by atoms with van der Waals surface area (Å²) in [6.45, 7) is 0.327. The number of nitrogen functional groups attached to an aromatic ring is 1. The van der Waals surface area contributed by atoms with Crippen LogP contribution in [-0.2, 0) is 6.54 Å². The van der Waals surface area contributed by atoms with Crippen LogP contribution in [0.4, 0.5) is 5.69 Å². The Bertz CT molecular complexity index is 593. The van der Waals surface area contributed by atoms with Crippen molar-refractivity contribution in [3.8, 4) is 5.75 Å². The minimum atomic E-state index is -0.377. The minimum Gasteiger partial charge on any atom is -0.508 e. The molecular weight excluding hydrogens is 242 g/mol. The Morgan fingerprint density at radius 3 is 2.65 bits per heavy atom. The predicted molar refractivity (Wildman–Crippen MR) is 65.1 cm³/mol. The normalized spacial score (nSPS) is 10.4. The van der Waals surface area contributed by atoms with E-state index in [1.165, 1.54) is 10.9 Å². The van der Waals surface area contributed by atoms with Crippen LogP contribution >= 0.6 is 11.6 Å². The van der Waals surface area contributed by atoms with Crippen molar-refractivity contribution in [2.75, 3.05) is 5.73 Å². The summed E-state index contributed by atoms with van der Waals surface area (Å²) in [5.74, 6) is 0.176. The van der Waals surface area contributed by atoms with E-state index in [0.29, 0.717) is 6.54 Å². The van der Waals surface area contributed by atoms with Crippen LogP contribution in [0.15, 0.2) is 35.4 Å². The van der Waals surface area contributed by atoms with E-state index in [9.17, 15) is 4.79 Å². The van der Waals surface area contributed by atoms with Crippen molar-refractivity contribution < 1.29 is 5.11 Å². The maximum atomic E-state index is 11.7. The molecule has 2 aromatic rings. The van der Waals surface area contributed by atoms with Crippen molar-refractivity contribution in [3.63, 3.8) is 0 Å². The molecule has 1 heterocycles. The van der Waals surface area contributed by atoms with E-state index in [2.05, 4.69) is 4.98 Å². The SMILES string of the molecule is Nc1c(Cl)ncn(Cc2ccc(O)cc2)c1=O. The number of phenols is 1. The maximum absolute atomic E-state index is 11.7. The summed E-state index contributed by atoms with van der Waals surface area (Å²) < 4.78 is 1.35. The second-order valence-electron chi connectivity index (χ2n) is 3.55. The largest absolute Gasteiger partial charge is 0.508 e. The van der Waals surface area contributed by atoms with Gasteiger partial charge in [-0.25, -0.2) is 4.98 Å². The number of benzene rings is 1. The van der Waals surface area contributed by atoms with Crippen LogP contribution in [0.5, 0.6) is 5.75 Å². The molecule has 0 aliphatic carbocycles. The molecule has 0 radical (unpaired) electrons. The summed E-state index contributed by atoms with van der Waals surface area (Å²) in [5.41, 5.74) is 5.91. The number of rotatable bonds is 2. The summed E-state index contributed by atoms with van der Waals surface area (Å²) in [5, 5.41) is 9.15. The summed E-state index contributed by atoms with van der Waals surface area (Å²) in [4.78, 5) is 15.5. The first-order chi connectivity index (χ1) is 8.08. The van der Waals surface area contributed by atoms with Gasteiger partial charge in [-0.05, 0) is 17.7 Å². The van der Waals surface area contributed by atoms with Crippen molar-refractivity contribution >= 4 is 17.3 Å². The predicted octanol–water partition coefficient (Wildman–Crippen LogP) is 1.23. The third kappa shape index (κ3) is 2.39. The molecule has 0 bridgehead atoms. The van der Waals surface area contributed by atoms with E-state index in [1.807, 2.05) is 0 Å². The molecule has 6 heteroatoms. The van der Waals surface area contributed by atoms with Gasteiger partial charge in [0, 0.05) is 0 Å². The summed E-state index contributed by atoms with van der Waals surface area (Å²) in [6, 6.07) is 6.53. The van der Waals surface area contributed by atoms with Gasteiger partial charge < -0.3 is 10.8 Å². The first-order valence-electron chi connectivity index (χ1n) is 4.86. The Morgan fingerprint density at radius 2 is 2.00 bits per heavy atom. The van der Waals surface area contributed by atoms with Crippen molar-refractivity contribution in [1.29, 1.82) is 0 Å². The number of phenolic OH excluding ortho intramolecular Hbond substituents is 1. The monoisotopic (exact) mass is 251 g/mol. The maximum Gasteiger partial charge on any atom is 0.278 e. The number of hydrogen-bond donors (Lipinski definition) is 2. The molecule has 1 aromatic carbocycles. The van der Waals surface area contributed by atoms with Gasteiger partial charge in [0.2, 0.25) is 0 Å². The molecule has 0 fully saturated rings. The standard InChI is InChI=1S/C11H10ClN3O2/c12-10-9(13)11(17)15(6-14-10)5-7-1-3-8(16)4-2-7/h1-4,6,16H,5,13H2. The fraction of sp³-hybridized carbons (Fsp3) is 0.0909. The van der Waals surface area contributed by atoms with Crippen molar-refractivity contribution in [2.24, 2.45) is 0 Å². The number of aromatic nitrogens is 2. The van der Waals surface area contributed by atoms with Crippen LogP contribution in [0.1, 0.15) is 5.56 Å². The van der Waals surface area contributed by atoms with Crippen LogP contribution in [0.25, 0.3) is 0 Å². The van der Waals surface area contributed by atoms with Gasteiger partial charge in [-0.2, -0.15) is 0 Å². The molecule has 1 aromatic heterocycles. The molecule has 0 aliphatic rings. The molecule has 0 atom stereocenters. The molecule has 88 valence electrons. The van der Waals surface area contributed by atoms with Gasteiger partial charge in [0.15, 0.2) is 5.15 Å². The highest BCUT2D eigenvalue weighted by Crippen LogP contribution is 2.12. The van der Waals surface area contributed by atoms with Crippen LogP contribution < -0.4 is 11.3 Å². The van der Waals surface area contributed by atoms with Crippen LogP contribution in [0.3, 0.4) is 0 Å². The van der Waals surface area contributed by atoms with Crippen molar-refractivity contribution in [2.45, 2.75) is 6.54 Å². The van der Waals surface area contributed by atoms with Gasteiger partial charge in [0.1, 0.15) is 11.4 Å². The van der Waals surface area contributed by atoms with Crippen LogP contribution in [0, 0.1) is 0 Å². The third-order valence-corrected chi connectivity index (χ3v) is 2.61. The number of anilines is 1. The summed E-state index contributed by atoms with van der Waals surface area (Å²) in [7, 11) is 0. The minimum absolute atomic E-state index is 0.0111.